The van der Waals surface area contributed by atoms with Crippen molar-refractivity contribution in [1.82, 2.24) is 25.1 Å². The topological polar surface area (TPSA) is 124 Å². The van der Waals surface area contributed by atoms with Gasteiger partial charge in [-0.25, -0.2) is 4.21 Å². The van der Waals surface area contributed by atoms with E-state index >= 15 is 0 Å². The Balaban J connectivity index is 1.74. The number of nitrogens with zero attached hydrogens (tertiary/aromatic N) is 6. The maximum atomic E-state index is 13.3. The Kier molecular flexibility index (Phi) is 6.11. The zero-order valence-corrected chi connectivity index (χ0v) is 19.0. The van der Waals surface area contributed by atoms with Crippen molar-refractivity contribution in [2.45, 2.75) is 51.7 Å². The van der Waals surface area contributed by atoms with Crippen LogP contribution in [-0.4, -0.2) is 65.7 Å². The fourth-order valence-electron chi connectivity index (χ4n) is 3.57. The highest BCUT2D eigenvalue weighted by Gasteiger charge is 2.31. The van der Waals surface area contributed by atoms with Crippen LogP contribution in [-0.2, 0) is 16.8 Å². The molecule has 0 spiro atoms. The zero-order valence-electron chi connectivity index (χ0n) is 18.2. The van der Waals surface area contributed by atoms with E-state index in [-0.39, 0.29) is 17.1 Å². The van der Waals surface area contributed by atoms with E-state index in [4.69, 9.17) is 4.52 Å². The van der Waals surface area contributed by atoms with Crippen molar-refractivity contribution in [2.75, 3.05) is 19.3 Å². The number of carbonyl (C=O) groups excluding carboxylic acids is 2. The molecule has 0 aliphatic carbocycles. The number of carbonyl (C=O) groups is 2. The first kappa shape index (κ1) is 22.1. The highest BCUT2D eigenvalue weighted by Crippen LogP contribution is 2.25. The van der Waals surface area contributed by atoms with Gasteiger partial charge in [0.2, 0.25) is 0 Å². The normalized spacial score (nSPS) is 17.2. The Morgan fingerprint density at radius 3 is 2.40 bits per heavy atom. The summed E-state index contributed by atoms with van der Waals surface area (Å²) >= 11 is 0. The second-order valence-corrected chi connectivity index (χ2v) is 10.6. The Bertz CT molecular complexity index is 1080. The molecule has 3 heterocycles. The van der Waals surface area contributed by atoms with Gasteiger partial charge in [-0.15, -0.1) is 5.10 Å². The van der Waals surface area contributed by atoms with Gasteiger partial charge in [-0.1, -0.05) is 24.2 Å². The SMILES string of the molecule is Cc1noc(C(C)C)c1C(=O)N=S(C)(=O)C1CCN(C(=O)c2nnn(C)c2C)CC1. The van der Waals surface area contributed by atoms with Crippen LogP contribution in [0.1, 0.15) is 70.6 Å². The van der Waals surface area contributed by atoms with Crippen molar-refractivity contribution in [3.05, 3.63) is 28.4 Å². The molecule has 2 amide bonds. The van der Waals surface area contributed by atoms with Crippen molar-refractivity contribution in [1.29, 1.82) is 0 Å². The zero-order chi connectivity index (χ0) is 22.2. The van der Waals surface area contributed by atoms with Crippen LogP contribution in [0, 0.1) is 13.8 Å². The van der Waals surface area contributed by atoms with E-state index in [0.29, 0.717) is 54.3 Å². The number of amides is 2. The summed E-state index contributed by atoms with van der Waals surface area (Å²) in [5, 5.41) is 11.4. The lowest BCUT2D eigenvalue weighted by molar-refractivity contribution is 0.0719. The van der Waals surface area contributed by atoms with E-state index in [0.717, 1.165) is 0 Å². The fourth-order valence-corrected chi connectivity index (χ4v) is 5.23. The Labute approximate surface area is 176 Å². The Morgan fingerprint density at radius 2 is 1.87 bits per heavy atom. The minimum absolute atomic E-state index is 0.0351. The average molecular weight is 437 g/mol. The lowest BCUT2D eigenvalue weighted by atomic mass is 10.1. The van der Waals surface area contributed by atoms with Gasteiger partial charge in [0.25, 0.3) is 11.8 Å². The fraction of sp³-hybridized carbons (Fsp3) is 0.632. The summed E-state index contributed by atoms with van der Waals surface area (Å²) in [7, 11) is -1.07. The first-order chi connectivity index (χ1) is 14.0. The summed E-state index contributed by atoms with van der Waals surface area (Å²) in [6, 6.07) is 0. The lowest BCUT2D eigenvalue weighted by Crippen LogP contribution is -2.42. The molecule has 1 aliphatic heterocycles. The lowest BCUT2D eigenvalue weighted by Gasteiger charge is -2.32. The minimum Gasteiger partial charge on any atom is -0.360 e. The predicted octanol–water partition coefficient (Wildman–Crippen LogP) is 2.09. The number of piperidine rings is 1. The van der Waals surface area contributed by atoms with Crippen LogP contribution in [0.15, 0.2) is 8.89 Å². The number of likely N-dealkylation sites (tertiary alicyclic amines) is 1. The maximum Gasteiger partial charge on any atom is 0.290 e. The van der Waals surface area contributed by atoms with Gasteiger partial charge in [-0.2, -0.15) is 4.36 Å². The van der Waals surface area contributed by atoms with E-state index in [9.17, 15) is 13.8 Å². The van der Waals surface area contributed by atoms with Gasteiger partial charge in [0.05, 0.1) is 21.1 Å². The maximum absolute atomic E-state index is 13.3. The molecule has 0 aromatic carbocycles. The molecular weight excluding hydrogens is 408 g/mol. The molecule has 0 saturated carbocycles. The third kappa shape index (κ3) is 4.16. The molecule has 0 N–H and O–H groups in total. The van der Waals surface area contributed by atoms with Crippen LogP contribution in [0.3, 0.4) is 0 Å². The molecule has 1 saturated heterocycles. The summed E-state index contributed by atoms with van der Waals surface area (Å²) in [4.78, 5) is 27.2. The van der Waals surface area contributed by atoms with Crippen LogP contribution >= 0.6 is 0 Å². The number of aryl methyl sites for hydroxylation is 2. The third-order valence-electron chi connectivity index (χ3n) is 5.55. The summed E-state index contributed by atoms with van der Waals surface area (Å²) in [6.07, 6.45) is 2.51. The van der Waals surface area contributed by atoms with Gasteiger partial charge in [0.15, 0.2) is 11.5 Å². The molecule has 30 heavy (non-hydrogen) atoms. The molecule has 3 rings (SSSR count). The molecule has 1 aliphatic rings. The Morgan fingerprint density at radius 1 is 1.23 bits per heavy atom. The van der Waals surface area contributed by atoms with E-state index in [1.54, 1.807) is 30.5 Å². The number of hydrogen-bond donors (Lipinski definition) is 0. The predicted molar refractivity (Wildman–Crippen MR) is 111 cm³/mol. The van der Waals surface area contributed by atoms with Crippen molar-refractivity contribution < 1.29 is 18.3 Å². The highest BCUT2D eigenvalue weighted by molar-refractivity contribution is 7.93. The first-order valence-electron chi connectivity index (χ1n) is 9.90. The smallest absolute Gasteiger partial charge is 0.290 e. The second kappa shape index (κ2) is 8.29. The summed E-state index contributed by atoms with van der Waals surface area (Å²) in [5.74, 6) is -0.321. The molecule has 2 aromatic rings. The van der Waals surface area contributed by atoms with Crippen LogP contribution in [0.2, 0.25) is 0 Å². The average Bonchev–Trinajstić information content (AvgIpc) is 3.24. The number of rotatable bonds is 4. The molecule has 1 atom stereocenters. The quantitative estimate of drug-likeness (QED) is 0.719. The van der Waals surface area contributed by atoms with Crippen LogP contribution in [0.25, 0.3) is 0 Å². The summed E-state index contributed by atoms with van der Waals surface area (Å²) in [5.41, 5.74) is 1.77. The highest BCUT2D eigenvalue weighted by atomic mass is 32.2. The van der Waals surface area contributed by atoms with Crippen molar-refractivity contribution in [2.24, 2.45) is 11.4 Å². The van der Waals surface area contributed by atoms with Gasteiger partial charge < -0.3 is 9.42 Å². The van der Waals surface area contributed by atoms with E-state index in [1.165, 1.54) is 6.26 Å². The Hall–Kier alpha value is -2.56. The molecule has 11 heteroatoms. The number of aromatic nitrogens is 4. The van der Waals surface area contributed by atoms with Gasteiger partial charge >= 0.3 is 0 Å². The van der Waals surface area contributed by atoms with Crippen molar-refractivity contribution in [3.8, 4) is 0 Å². The summed E-state index contributed by atoms with van der Waals surface area (Å²) < 4.78 is 24.2. The molecule has 1 fully saturated rings. The minimum atomic E-state index is -2.80. The largest absolute Gasteiger partial charge is 0.360 e. The van der Waals surface area contributed by atoms with Gasteiger partial charge in [-0.05, 0) is 26.7 Å². The monoisotopic (exact) mass is 436 g/mol. The van der Waals surface area contributed by atoms with Gasteiger partial charge in [0, 0.05) is 37.6 Å². The van der Waals surface area contributed by atoms with Crippen molar-refractivity contribution in [3.63, 3.8) is 0 Å². The molecular formula is C19H28N6O4S. The molecule has 10 nitrogen and oxygen atoms in total. The van der Waals surface area contributed by atoms with Gasteiger partial charge in [-0.3, -0.25) is 14.3 Å². The standard InChI is InChI=1S/C19H28N6O4S/c1-11(2)17-15(12(3)21-29-17)18(26)22-30(6,28)14-7-9-25(10-8-14)19(27)16-13(4)24(5)23-20-16/h11,14H,7-10H2,1-6H3. The van der Waals surface area contributed by atoms with E-state index in [1.807, 2.05) is 13.8 Å². The van der Waals surface area contributed by atoms with E-state index < -0.39 is 15.6 Å². The second-order valence-electron chi connectivity index (χ2n) is 8.06. The van der Waals surface area contributed by atoms with E-state index in [2.05, 4.69) is 19.8 Å². The van der Waals surface area contributed by atoms with Crippen LogP contribution in [0.4, 0.5) is 0 Å². The molecule has 0 radical (unpaired) electrons. The molecule has 1 unspecified atom stereocenters. The molecule has 2 aromatic heterocycles. The van der Waals surface area contributed by atoms with Crippen LogP contribution in [0.5, 0.6) is 0 Å². The number of hydrogen-bond acceptors (Lipinski definition) is 7. The van der Waals surface area contributed by atoms with Crippen LogP contribution < -0.4 is 0 Å². The summed E-state index contributed by atoms with van der Waals surface area (Å²) in [6.45, 7) is 8.11. The molecule has 164 valence electrons. The first-order valence-corrected chi connectivity index (χ1v) is 11.9. The van der Waals surface area contributed by atoms with Gasteiger partial charge in [0.1, 0.15) is 5.56 Å². The van der Waals surface area contributed by atoms with Crippen molar-refractivity contribution >= 4 is 21.5 Å². The third-order valence-corrected chi connectivity index (χ3v) is 7.79. The molecule has 0 bridgehead atoms.